The number of hydrogen-bond donors (Lipinski definition) is 0. The Morgan fingerprint density at radius 3 is 2.47 bits per heavy atom. The third kappa shape index (κ3) is 4.13. The van der Waals surface area contributed by atoms with Crippen LogP contribution in [0.2, 0.25) is 5.02 Å². The van der Waals surface area contributed by atoms with Gasteiger partial charge >= 0.3 is 0 Å². The van der Waals surface area contributed by atoms with Crippen molar-refractivity contribution >= 4 is 29.1 Å². The third-order valence-corrected chi connectivity index (χ3v) is 5.95. The van der Waals surface area contributed by atoms with Crippen molar-refractivity contribution in [1.82, 2.24) is 9.80 Å². The van der Waals surface area contributed by atoms with Gasteiger partial charge in [0, 0.05) is 43.9 Å². The van der Waals surface area contributed by atoms with Gasteiger partial charge in [0.05, 0.1) is 6.04 Å². The number of benzene rings is 2. The number of likely N-dealkylation sites (N-methyl/N-ethyl adjacent to an activating group) is 1. The van der Waals surface area contributed by atoms with Gasteiger partial charge in [0.15, 0.2) is 6.10 Å². The molecule has 2 aliphatic heterocycles. The van der Waals surface area contributed by atoms with Gasteiger partial charge in [-0.05, 0) is 42.0 Å². The van der Waals surface area contributed by atoms with Crippen molar-refractivity contribution in [2.24, 2.45) is 0 Å². The second-order valence-corrected chi connectivity index (χ2v) is 7.96. The molecule has 2 aromatic carbocycles. The molecule has 0 aromatic heterocycles. The summed E-state index contributed by atoms with van der Waals surface area (Å²) in [6, 6.07) is 12.9. The van der Waals surface area contributed by atoms with Crippen molar-refractivity contribution in [2.45, 2.75) is 12.1 Å². The predicted molar refractivity (Wildman–Crippen MR) is 112 cm³/mol. The Labute approximate surface area is 179 Å². The van der Waals surface area contributed by atoms with Crippen LogP contribution in [0.5, 0.6) is 0 Å². The highest BCUT2D eigenvalue weighted by molar-refractivity contribution is 6.30. The molecule has 2 fully saturated rings. The summed E-state index contributed by atoms with van der Waals surface area (Å²) < 4.78 is 19.5. The van der Waals surface area contributed by atoms with Crippen LogP contribution in [-0.2, 0) is 14.3 Å². The third-order valence-electron chi connectivity index (χ3n) is 5.70. The molecule has 8 heteroatoms. The first-order valence-corrected chi connectivity index (χ1v) is 10.2. The molecule has 0 radical (unpaired) electrons. The van der Waals surface area contributed by atoms with Gasteiger partial charge in [-0.25, -0.2) is 4.39 Å². The number of rotatable bonds is 3. The van der Waals surface area contributed by atoms with Gasteiger partial charge in [-0.1, -0.05) is 23.7 Å². The normalized spacial score (nSPS) is 22.4. The lowest BCUT2D eigenvalue weighted by Crippen LogP contribution is -2.57. The Hall–Kier alpha value is -2.64. The van der Waals surface area contributed by atoms with Crippen molar-refractivity contribution in [3.63, 3.8) is 0 Å². The summed E-state index contributed by atoms with van der Waals surface area (Å²) in [7, 11) is 1.62. The number of carbonyl (C=O) groups excluding carboxylic acids is 2. The van der Waals surface area contributed by atoms with Crippen LogP contribution in [0.3, 0.4) is 0 Å². The molecule has 30 heavy (non-hydrogen) atoms. The van der Waals surface area contributed by atoms with Gasteiger partial charge in [0.1, 0.15) is 12.4 Å². The quantitative estimate of drug-likeness (QED) is 0.750. The van der Waals surface area contributed by atoms with Crippen LogP contribution in [0.4, 0.5) is 10.1 Å². The van der Waals surface area contributed by atoms with E-state index in [0.29, 0.717) is 36.8 Å². The zero-order valence-corrected chi connectivity index (χ0v) is 17.4. The van der Waals surface area contributed by atoms with Gasteiger partial charge in [-0.15, -0.1) is 0 Å². The van der Waals surface area contributed by atoms with Crippen molar-refractivity contribution in [1.29, 1.82) is 0 Å². The monoisotopic (exact) mass is 431 g/mol. The van der Waals surface area contributed by atoms with Crippen molar-refractivity contribution < 1.29 is 18.7 Å². The standard InChI is InChI=1S/C22H23ClFN3O3/c1-25-19(28)14-30-21(20(25)15-3-2-4-17(24)13-15)22(29)27-11-9-26(10-12-27)18-7-5-16(23)6-8-18/h2-8,13,20-21H,9-12,14H2,1H3. The molecule has 0 bridgehead atoms. The van der Waals surface area contributed by atoms with Crippen molar-refractivity contribution in [2.75, 3.05) is 44.7 Å². The maximum Gasteiger partial charge on any atom is 0.254 e. The van der Waals surface area contributed by atoms with Gasteiger partial charge in [-0.2, -0.15) is 0 Å². The van der Waals surface area contributed by atoms with Crippen LogP contribution in [0, 0.1) is 5.82 Å². The molecule has 2 amide bonds. The first-order chi connectivity index (χ1) is 14.4. The largest absolute Gasteiger partial charge is 0.368 e. The minimum Gasteiger partial charge on any atom is -0.368 e. The number of carbonyl (C=O) groups is 2. The van der Waals surface area contributed by atoms with E-state index in [1.165, 1.54) is 17.0 Å². The summed E-state index contributed by atoms with van der Waals surface area (Å²) >= 11 is 5.96. The molecule has 2 atom stereocenters. The molecule has 2 aromatic rings. The van der Waals surface area contributed by atoms with Gasteiger partial charge < -0.3 is 19.4 Å². The van der Waals surface area contributed by atoms with E-state index in [9.17, 15) is 14.0 Å². The number of morpholine rings is 1. The molecule has 0 spiro atoms. The summed E-state index contributed by atoms with van der Waals surface area (Å²) in [5.41, 5.74) is 1.60. The molecular weight excluding hydrogens is 409 g/mol. The minimum absolute atomic E-state index is 0.163. The molecule has 6 nitrogen and oxygen atoms in total. The zero-order chi connectivity index (χ0) is 21.3. The maximum absolute atomic E-state index is 13.8. The van der Waals surface area contributed by atoms with Crippen LogP contribution in [0.15, 0.2) is 48.5 Å². The number of nitrogens with zero attached hydrogens (tertiary/aromatic N) is 3. The molecule has 2 unspecified atom stereocenters. The van der Waals surface area contributed by atoms with Crippen molar-refractivity contribution in [3.05, 3.63) is 64.9 Å². The lowest BCUT2D eigenvalue weighted by atomic mass is 9.97. The number of ether oxygens (including phenoxy) is 1. The average Bonchev–Trinajstić information content (AvgIpc) is 2.76. The fraction of sp³-hybridized carbons (Fsp3) is 0.364. The second kappa shape index (κ2) is 8.62. The number of anilines is 1. The SMILES string of the molecule is CN1C(=O)COC(C(=O)N2CCN(c3ccc(Cl)cc3)CC2)C1c1cccc(F)c1. The lowest BCUT2D eigenvalue weighted by molar-refractivity contribution is -0.167. The van der Waals surface area contributed by atoms with Crippen LogP contribution in [0.25, 0.3) is 0 Å². The summed E-state index contributed by atoms with van der Waals surface area (Å²) in [6.45, 7) is 2.27. The minimum atomic E-state index is -0.864. The Morgan fingerprint density at radius 2 is 1.80 bits per heavy atom. The Morgan fingerprint density at radius 1 is 1.10 bits per heavy atom. The summed E-state index contributed by atoms with van der Waals surface area (Å²) in [6.07, 6.45) is -0.864. The number of hydrogen-bond acceptors (Lipinski definition) is 4. The van der Waals surface area contributed by atoms with Crippen molar-refractivity contribution in [3.8, 4) is 0 Å². The number of piperazine rings is 1. The topological polar surface area (TPSA) is 53.1 Å². The molecule has 4 rings (SSSR count). The fourth-order valence-corrected chi connectivity index (χ4v) is 4.15. The van der Waals surface area contributed by atoms with Gasteiger partial charge in [0.2, 0.25) is 5.91 Å². The lowest BCUT2D eigenvalue weighted by Gasteiger charge is -2.42. The number of halogens is 2. The van der Waals surface area contributed by atoms with Crippen LogP contribution in [0.1, 0.15) is 11.6 Å². The Kier molecular flexibility index (Phi) is 5.92. The second-order valence-electron chi connectivity index (χ2n) is 7.52. The van der Waals surface area contributed by atoms with Crippen LogP contribution in [-0.4, -0.2) is 67.6 Å². The first kappa shape index (κ1) is 20.6. The van der Waals surface area contributed by atoms with E-state index in [2.05, 4.69) is 4.90 Å². The van der Waals surface area contributed by atoms with Gasteiger partial charge in [0.25, 0.3) is 5.91 Å². The first-order valence-electron chi connectivity index (χ1n) is 9.86. The van der Waals surface area contributed by atoms with E-state index >= 15 is 0 Å². The van der Waals surface area contributed by atoms with E-state index in [-0.39, 0.29) is 18.4 Å². The van der Waals surface area contributed by atoms with E-state index in [0.717, 1.165) is 5.69 Å². The molecule has 0 saturated carbocycles. The van der Waals surface area contributed by atoms with E-state index in [1.54, 1.807) is 24.1 Å². The number of amides is 2. The van der Waals surface area contributed by atoms with E-state index in [1.807, 2.05) is 24.3 Å². The fourth-order valence-electron chi connectivity index (χ4n) is 4.02. The summed E-state index contributed by atoms with van der Waals surface area (Å²) in [4.78, 5) is 30.9. The highest BCUT2D eigenvalue weighted by atomic mass is 35.5. The van der Waals surface area contributed by atoms with E-state index in [4.69, 9.17) is 16.3 Å². The smallest absolute Gasteiger partial charge is 0.254 e. The molecule has 0 aliphatic carbocycles. The maximum atomic E-state index is 13.8. The molecular formula is C22H23ClFN3O3. The Bertz CT molecular complexity index is 931. The summed E-state index contributed by atoms with van der Waals surface area (Å²) in [5, 5.41) is 0.684. The summed E-state index contributed by atoms with van der Waals surface area (Å²) in [5.74, 6) is -0.832. The van der Waals surface area contributed by atoms with Gasteiger partial charge in [-0.3, -0.25) is 9.59 Å². The highest BCUT2D eigenvalue weighted by Crippen LogP contribution is 2.31. The molecule has 2 saturated heterocycles. The van der Waals surface area contributed by atoms with Crippen LogP contribution >= 0.6 is 11.6 Å². The van der Waals surface area contributed by atoms with Crippen LogP contribution < -0.4 is 4.90 Å². The predicted octanol–water partition coefficient (Wildman–Crippen LogP) is 2.73. The zero-order valence-electron chi connectivity index (χ0n) is 16.6. The van der Waals surface area contributed by atoms with E-state index < -0.39 is 18.0 Å². The molecule has 2 heterocycles. The molecule has 158 valence electrons. The average molecular weight is 432 g/mol. The molecule has 2 aliphatic rings. The highest BCUT2D eigenvalue weighted by Gasteiger charge is 2.42. The molecule has 0 N–H and O–H groups in total. The Balaban J connectivity index is 1.48.